The number of furan rings is 1. The SMILES string of the molecule is N#Cc1ccc2c(C3=CCCNC3)coc2c1. The predicted octanol–water partition coefficient (Wildman–Crippen LogP) is 2.68. The van der Waals surface area contributed by atoms with E-state index in [0.29, 0.717) is 5.56 Å². The van der Waals surface area contributed by atoms with Crippen LogP contribution in [-0.4, -0.2) is 13.1 Å². The number of fused-ring (bicyclic) bond motifs is 1. The van der Waals surface area contributed by atoms with Gasteiger partial charge in [0.1, 0.15) is 5.58 Å². The second-order valence-corrected chi connectivity index (χ2v) is 4.17. The quantitative estimate of drug-likeness (QED) is 0.810. The Morgan fingerprint density at radius 3 is 3.06 bits per heavy atom. The maximum Gasteiger partial charge on any atom is 0.135 e. The van der Waals surface area contributed by atoms with Crippen LogP contribution in [0.25, 0.3) is 16.5 Å². The van der Waals surface area contributed by atoms with Crippen molar-refractivity contribution >= 4 is 16.5 Å². The zero-order chi connectivity index (χ0) is 11.7. The average molecular weight is 224 g/mol. The van der Waals surface area contributed by atoms with Crippen LogP contribution in [-0.2, 0) is 0 Å². The van der Waals surface area contributed by atoms with Crippen LogP contribution < -0.4 is 5.32 Å². The van der Waals surface area contributed by atoms with Crippen molar-refractivity contribution in [2.24, 2.45) is 0 Å². The molecule has 0 amide bonds. The van der Waals surface area contributed by atoms with Gasteiger partial charge in [-0.25, -0.2) is 0 Å². The second-order valence-electron chi connectivity index (χ2n) is 4.17. The van der Waals surface area contributed by atoms with Crippen LogP contribution in [0.3, 0.4) is 0 Å². The highest BCUT2D eigenvalue weighted by Gasteiger charge is 2.12. The minimum absolute atomic E-state index is 0.633. The van der Waals surface area contributed by atoms with Crippen LogP contribution in [0.5, 0.6) is 0 Å². The minimum Gasteiger partial charge on any atom is -0.464 e. The fourth-order valence-electron chi connectivity index (χ4n) is 2.20. The fourth-order valence-corrected chi connectivity index (χ4v) is 2.20. The summed E-state index contributed by atoms with van der Waals surface area (Å²) in [4.78, 5) is 0. The first kappa shape index (κ1) is 10.1. The highest BCUT2D eigenvalue weighted by Crippen LogP contribution is 2.28. The van der Waals surface area contributed by atoms with Gasteiger partial charge in [0.15, 0.2) is 0 Å². The molecule has 0 unspecified atom stereocenters. The molecule has 1 aromatic carbocycles. The van der Waals surface area contributed by atoms with Crippen molar-refractivity contribution in [1.82, 2.24) is 5.32 Å². The number of benzene rings is 1. The molecule has 0 atom stereocenters. The summed E-state index contributed by atoms with van der Waals surface area (Å²) in [6, 6.07) is 7.70. The van der Waals surface area contributed by atoms with Crippen LogP contribution in [0.1, 0.15) is 17.5 Å². The van der Waals surface area contributed by atoms with Crippen molar-refractivity contribution in [2.45, 2.75) is 6.42 Å². The molecule has 0 bridgehead atoms. The van der Waals surface area contributed by atoms with E-state index in [1.54, 1.807) is 12.3 Å². The monoisotopic (exact) mass is 224 g/mol. The minimum atomic E-state index is 0.633. The van der Waals surface area contributed by atoms with Gasteiger partial charge in [-0.3, -0.25) is 0 Å². The van der Waals surface area contributed by atoms with E-state index >= 15 is 0 Å². The van der Waals surface area contributed by atoms with Crippen molar-refractivity contribution in [3.8, 4) is 6.07 Å². The van der Waals surface area contributed by atoms with Gasteiger partial charge in [-0.15, -0.1) is 0 Å². The van der Waals surface area contributed by atoms with Gasteiger partial charge < -0.3 is 9.73 Å². The van der Waals surface area contributed by atoms with Crippen LogP contribution >= 0.6 is 0 Å². The number of hydrogen-bond acceptors (Lipinski definition) is 3. The molecule has 1 aliphatic rings. The Morgan fingerprint density at radius 1 is 1.35 bits per heavy atom. The van der Waals surface area contributed by atoms with Gasteiger partial charge in [0.25, 0.3) is 0 Å². The van der Waals surface area contributed by atoms with E-state index in [4.69, 9.17) is 9.68 Å². The molecule has 2 heterocycles. The van der Waals surface area contributed by atoms with E-state index in [0.717, 1.165) is 36.0 Å². The average Bonchev–Trinajstić information content (AvgIpc) is 2.82. The topological polar surface area (TPSA) is 49.0 Å². The van der Waals surface area contributed by atoms with E-state index in [2.05, 4.69) is 17.5 Å². The lowest BCUT2D eigenvalue weighted by Gasteiger charge is -2.12. The smallest absolute Gasteiger partial charge is 0.135 e. The van der Waals surface area contributed by atoms with Gasteiger partial charge in [0.05, 0.1) is 17.9 Å². The summed E-state index contributed by atoms with van der Waals surface area (Å²) in [7, 11) is 0. The summed E-state index contributed by atoms with van der Waals surface area (Å²) in [6.07, 6.45) is 5.09. The van der Waals surface area contributed by atoms with Gasteiger partial charge in [-0.2, -0.15) is 5.26 Å². The molecule has 0 radical (unpaired) electrons. The lowest BCUT2D eigenvalue weighted by molar-refractivity contribution is 0.613. The standard InChI is InChI=1S/C14H12N2O/c15-7-10-3-4-12-13(9-17-14(12)6-10)11-2-1-5-16-8-11/h2-4,6,9,16H,1,5,8H2. The first-order valence-corrected chi connectivity index (χ1v) is 5.70. The largest absolute Gasteiger partial charge is 0.464 e. The van der Waals surface area contributed by atoms with Gasteiger partial charge in [0.2, 0.25) is 0 Å². The highest BCUT2D eigenvalue weighted by atomic mass is 16.3. The van der Waals surface area contributed by atoms with Gasteiger partial charge in [0, 0.05) is 17.5 Å². The molecule has 3 rings (SSSR count). The third-order valence-corrected chi connectivity index (χ3v) is 3.08. The van der Waals surface area contributed by atoms with Crippen LogP contribution in [0.15, 0.2) is 35.0 Å². The van der Waals surface area contributed by atoms with Crippen LogP contribution in [0.2, 0.25) is 0 Å². The molecule has 1 aromatic heterocycles. The number of hydrogen-bond donors (Lipinski definition) is 1. The lowest BCUT2D eigenvalue weighted by atomic mass is 10.0. The summed E-state index contributed by atoms with van der Waals surface area (Å²) in [6.45, 7) is 1.92. The Kier molecular flexibility index (Phi) is 2.43. The van der Waals surface area contributed by atoms with E-state index in [-0.39, 0.29) is 0 Å². The first-order chi connectivity index (χ1) is 8.38. The van der Waals surface area contributed by atoms with E-state index in [9.17, 15) is 0 Å². The van der Waals surface area contributed by atoms with Crippen molar-refractivity contribution in [3.05, 3.63) is 41.7 Å². The van der Waals surface area contributed by atoms with Crippen molar-refractivity contribution in [2.75, 3.05) is 13.1 Å². The van der Waals surface area contributed by atoms with Crippen molar-refractivity contribution < 1.29 is 4.42 Å². The molecular formula is C14H12N2O. The molecule has 17 heavy (non-hydrogen) atoms. The van der Waals surface area contributed by atoms with E-state index < -0.39 is 0 Å². The number of rotatable bonds is 1. The van der Waals surface area contributed by atoms with Crippen molar-refractivity contribution in [1.29, 1.82) is 5.26 Å². The van der Waals surface area contributed by atoms with Gasteiger partial charge >= 0.3 is 0 Å². The maximum absolute atomic E-state index is 8.84. The molecule has 1 N–H and O–H groups in total. The summed E-state index contributed by atoms with van der Waals surface area (Å²) < 4.78 is 5.53. The van der Waals surface area contributed by atoms with Crippen LogP contribution in [0, 0.1) is 11.3 Å². The Morgan fingerprint density at radius 2 is 2.29 bits per heavy atom. The Hall–Kier alpha value is -2.05. The summed E-state index contributed by atoms with van der Waals surface area (Å²) in [5, 5.41) is 13.3. The molecule has 1 aliphatic heterocycles. The first-order valence-electron chi connectivity index (χ1n) is 5.70. The molecule has 84 valence electrons. The van der Waals surface area contributed by atoms with Crippen molar-refractivity contribution in [3.63, 3.8) is 0 Å². The predicted molar refractivity (Wildman–Crippen MR) is 66.4 cm³/mol. The molecule has 0 aliphatic carbocycles. The Balaban J connectivity index is 2.12. The molecule has 0 fully saturated rings. The summed E-state index contributed by atoms with van der Waals surface area (Å²) >= 11 is 0. The molecular weight excluding hydrogens is 212 g/mol. The van der Waals surface area contributed by atoms with E-state index in [1.807, 2.05) is 12.1 Å². The number of nitrogens with zero attached hydrogens (tertiary/aromatic N) is 1. The maximum atomic E-state index is 8.84. The fraction of sp³-hybridized carbons (Fsp3) is 0.214. The normalized spacial score (nSPS) is 15.6. The van der Waals surface area contributed by atoms with Gasteiger partial charge in [-0.1, -0.05) is 6.08 Å². The zero-order valence-corrected chi connectivity index (χ0v) is 9.36. The third kappa shape index (κ3) is 1.73. The summed E-state index contributed by atoms with van der Waals surface area (Å²) in [5.74, 6) is 0. The van der Waals surface area contributed by atoms with E-state index in [1.165, 1.54) is 5.57 Å². The molecule has 3 heteroatoms. The Labute approximate surface area is 99.3 Å². The zero-order valence-electron chi connectivity index (χ0n) is 9.36. The molecule has 2 aromatic rings. The lowest BCUT2D eigenvalue weighted by Crippen LogP contribution is -2.21. The third-order valence-electron chi connectivity index (χ3n) is 3.08. The van der Waals surface area contributed by atoms with Crippen LogP contribution in [0.4, 0.5) is 0 Å². The number of nitrogens with one attached hydrogen (secondary N) is 1. The molecule has 3 nitrogen and oxygen atoms in total. The second kappa shape index (κ2) is 4.08. The summed E-state index contributed by atoms with van der Waals surface area (Å²) in [5.41, 5.74) is 3.83. The molecule has 0 spiro atoms. The molecule has 0 saturated heterocycles. The Bertz CT molecular complexity index is 631. The highest BCUT2D eigenvalue weighted by molar-refractivity contribution is 5.92. The molecule has 0 saturated carbocycles. The van der Waals surface area contributed by atoms with Gasteiger partial charge in [-0.05, 0) is 36.7 Å². The number of nitriles is 1.